The van der Waals surface area contributed by atoms with Gasteiger partial charge in [-0.3, -0.25) is 38.7 Å². The number of nitrogens with two attached hydrogens (primary N) is 1. The fourth-order valence-electron chi connectivity index (χ4n) is 9.67. The van der Waals surface area contributed by atoms with Gasteiger partial charge in [0.2, 0.25) is 24.1 Å². The van der Waals surface area contributed by atoms with Gasteiger partial charge in [0.15, 0.2) is 23.0 Å². The predicted molar refractivity (Wildman–Crippen MR) is 309 cm³/mol. The average molecular weight is 1080 g/mol. The van der Waals surface area contributed by atoms with Crippen LogP contribution in [0.3, 0.4) is 0 Å². The maximum Gasteiger partial charge on any atom is 0.261 e. The Kier molecular flexibility index (Phi) is 22.7. The van der Waals surface area contributed by atoms with Gasteiger partial charge >= 0.3 is 0 Å². The standard InChI is InChI=1S/C52H53N7O9.C6H14.C2H6.CH3NO/c1-4-5-6-15-48(60)55-27-49(61)56-28-50(62)57-35-17-31(29-67-46-23-40-38(21-44(46)65-2)51(63)58-36(25-53-40)19-33-11-7-9-13-42(33)58)16-32(18-35)30-68-47-24-41-39(22-45(47)66-3)52(64)59-37(26-54-41)20-34-12-8-10-14-43(34)59;1-3-5-6-4-2;1-2;2-1-3/h7-14,16-18,21-25,36-37,54H,4-6,15,19-20,26-30H2,1-3H3,(H,55,60)(H,56,61)(H,57,62);3-6H2,1-2H3;1-2H3;1H,(H2,2,3)/t36-,37?;;;/m0.../s1. The van der Waals surface area contributed by atoms with Crippen LogP contribution < -0.4 is 55.7 Å². The molecule has 5 aromatic rings. The Morgan fingerprint density at radius 3 is 1.82 bits per heavy atom. The van der Waals surface area contributed by atoms with Crippen molar-refractivity contribution in [2.75, 3.05) is 54.3 Å². The van der Waals surface area contributed by atoms with Crippen LogP contribution in [0.2, 0.25) is 0 Å². The van der Waals surface area contributed by atoms with E-state index in [2.05, 4.69) is 46.9 Å². The van der Waals surface area contributed by atoms with Gasteiger partial charge in [-0.25, -0.2) is 0 Å². The maximum atomic E-state index is 14.0. The molecule has 18 heteroatoms. The zero-order valence-corrected chi connectivity index (χ0v) is 46.6. The van der Waals surface area contributed by atoms with E-state index in [0.717, 1.165) is 48.2 Å². The molecule has 4 aliphatic rings. The van der Waals surface area contributed by atoms with E-state index >= 15 is 0 Å². The number of hydrogen-bond donors (Lipinski definition) is 5. The fraction of sp³-hybridized carbons (Fsp3) is 0.393. The first-order chi connectivity index (χ1) is 38.4. The number of rotatable bonds is 20. The smallest absolute Gasteiger partial charge is 0.261 e. The van der Waals surface area contributed by atoms with Gasteiger partial charge < -0.3 is 50.8 Å². The van der Waals surface area contributed by atoms with Gasteiger partial charge in [-0.1, -0.05) is 110 Å². The molecule has 2 atom stereocenters. The molecule has 0 bridgehead atoms. The topological polar surface area (TPSA) is 232 Å². The molecule has 0 aromatic heterocycles. The number of hydrogen-bond acceptors (Lipinski definition) is 12. The summed E-state index contributed by atoms with van der Waals surface area (Å²) in [7, 11) is 3.02. The number of para-hydroxylation sites is 2. The molecule has 6 amide bonds. The molecule has 18 nitrogen and oxygen atoms in total. The number of ether oxygens (including phenoxy) is 4. The second-order valence-electron chi connectivity index (χ2n) is 19.0. The number of nitrogens with zero attached hydrogens (tertiary/aromatic N) is 3. The molecule has 0 spiro atoms. The highest BCUT2D eigenvalue weighted by Gasteiger charge is 2.39. The molecule has 4 aliphatic heterocycles. The van der Waals surface area contributed by atoms with Gasteiger partial charge in [-0.15, -0.1) is 0 Å². The first kappa shape index (κ1) is 59.8. The number of anilines is 4. The van der Waals surface area contributed by atoms with Crippen molar-refractivity contribution in [2.45, 2.75) is 124 Å². The number of unbranched alkanes of at least 4 members (excludes halogenated alkanes) is 5. The number of primary amides is 1. The summed E-state index contributed by atoms with van der Waals surface area (Å²) in [4.78, 5) is 82.9. The molecule has 0 saturated carbocycles. The highest BCUT2D eigenvalue weighted by atomic mass is 16.5. The van der Waals surface area contributed by atoms with Gasteiger partial charge in [0.25, 0.3) is 11.8 Å². The van der Waals surface area contributed by atoms with E-state index in [-0.39, 0.29) is 62.5 Å². The Morgan fingerprint density at radius 1 is 0.671 bits per heavy atom. The lowest BCUT2D eigenvalue weighted by Crippen LogP contribution is -2.40. The van der Waals surface area contributed by atoms with E-state index in [9.17, 15) is 24.0 Å². The third-order valence-electron chi connectivity index (χ3n) is 13.5. The molecule has 5 aromatic carbocycles. The molecule has 1 unspecified atom stereocenters. The minimum Gasteiger partial charge on any atom is -0.493 e. The highest BCUT2D eigenvalue weighted by Crippen LogP contribution is 2.43. The number of carbonyl (C=O) groups is 6. The lowest BCUT2D eigenvalue weighted by atomic mass is 10.1. The molecule has 420 valence electrons. The van der Waals surface area contributed by atoms with Gasteiger partial charge in [-0.2, -0.15) is 0 Å². The highest BCUT2D eigenvalue weighted by molar-refractivity contribution is 6.15. The van der Waals surface area contributed by atoms with Crippen LogP contribution in [0.5, 0.6) is 23.0 Å². The summed E-state index contributed by atoms with van der Waals surface area (Å²) in [6.07, 6.45) is 12.0. The fourth-order valence-corrected chi connectivity index (χ4v) is 9.67. The van der Waals surface area contributed by atoms with Crippen molar-refractivity contribution >= 4 is 70.6 Å². The normalized spacial score (nSPS) is 14.8. The molecule has 0 saturated heterocycles. The minimum atomic E-state index is -0.498. The molecular formula is C61H76N8O10. The van der Waals surface area contributed by atoms with E-state index in [1.807, 2.05) is 74.2 Å². The van der Waals surface area contributed by atoms with Crippen LogP contribution in [-0.2, 0) is 45.2 Å². The number of nitrogens with one attached hydrogen (secondary N) is 4. The first-order valence-corrected chi connectivity index (χ1v) is 27.4. The average Bonchev–Trinajstić information content (AvgIpc) is 4.16. The van der Waals surface area contributed by atoms with Crippen LogP contribution in [0.25, 0.3) is 0 Å². The van der Waals surface area contributed by atoms with Crippen LogP contribution in [0.1, 0.15) is 129 Å². The van der Waals surface area contributed by atoms with Gasteiger partial charge in [0, 0.05) is 54.8 Å². The Hall–Kier alpha value is -8.41. The second-order valence-corrected chi connectivity index (χ2v) is 19.0. The quantitative estimate of drug-likeness (QED) is 0.0364. The Balaban J connectivity index is 0.000000842. The van der Waals surface area contributed by atoms with Crippen molar-refractivity contribution in [3.8, 4) is 23.0 Å². The molecule has 4 heterocycles. The molecule has 0 aliphatic carbocycles. The number of aliphatic imine (C=N–C) groups is 1. The summed E-state index contributed by atoms with van der Waals surface area (Å²) < 4.78 is 24.3. The van der Waals surface area contributed by atoms with Crippen molar-refractivity contribution in [1.29, 1.82) is 0 Å². The van der Waals surface area contributed by atoms with E-state index in [1.165, 1.54) is 39.9 Å². The van der Waals surface area contributed by atoms with Crippen molar-refractivity contribution < 1.29 is 47.7 Å². The monoisotopic (exact) mass is 1080 g/mol. The second kappa shape index (κ2) is 29.9. The summed E-state index contributed by atoms with van der Waals surface area (Å²) in [5, 5.41) is 11.5. The van der Waals surface area contributed by atoms with Gasteiger partial charge in [0.05, 0.1) is 61.9 Å². The third-order valence-corrected chi connectivity index (χ3v) is 13.5. The summed E-state index contributed by atoms with van der Waals surface area (Å²) in [5.41, 5.74) is 11.8. The number of fused-ring (bicyclic) bond motifs is 8. The molecule has 6 N–H and O–H groups in total. The van der Waals surface area contributed by atoms with Crippen molar-refractivity contribution in [3.05, 3.63) is 124 Å². The maximum absolute atomic E-state index is 14.0. The largest absolute Gasteiger partial charge is 0.493 e. The predicted octanol–water partition coefficient (Wildman–Crippen LogP) is 9.61. The van der Waals surface area contributed by atoms with Crippen LogP contribution in [0.15, 0.2) is 96.0 Å². The van der Waals surface area contributed by atoms with Gasteiger partial charge in [0.1, 0.15) is 13.2 Å². The molecule has 0 fully saturated rings. The minimum absolute atomic E-state index is 0.00925. The number of carbonyl (C=O) groups excluding carboxylic acids is 6. The van der Waals surface area contributed by atoms with Crippen LogP contribution in [-0.4, -0.2) is 88.1 Å². The Bertz CT molecular complexity index is 2960. The molecule has 9 rings (SSSR count). The van der Waals surface area contributed by atoms with Crippen molar-refractivity contribution in [3.63, 3.8) is 0 Å². The third kappa shape index (κ3) is 15.4. The summed E-state index contributed by atoms with van der Waals surface area (Å²) in [6.45, 7) is 10.5. The van der Waals surface area contributed by atoms with E-state index in [1.54, 1.807) is 47.5 Å². The first-order valence-electron chi connectivity index (χ1n) is 27.4. The summed E-state index contributed by atoms with van der Waals surface area (Å²) in [5.74, 6) is -0.0721. The number of amides is 6. The lowest BCUT2D eigenvalue weighted by molar-refractivity contribution is -0.127. The van der Waals surface area contributed by atoms with Crippen molar-refractivity contribution in [1.82, 2.24) is 10.6 Å². The zero-order valence-electron chi connectivity index (χ0n) is 46.6. The molecule has 79 heavy (non-hydrogen) atoms. The van der Waals surface area contributed by atoms with E-state index in [4.69, 9.17) is 28.7 Å². The zero-order chi connectivity index (χ0) is 56.8. The number of benzene rings is 5. The van der Waals surface area contributed by atoms with E-state index < -0.39 is 11.8 Å². The van der Waals surface area contributed by atoms with Crippen molar-refractivity contribution in [2.24, 2.45) is 10.7 Å². The Labute approximate surface area is 463 Å². The van der Waals surface area contributed by atoms with Crippen LogP contribution >= 0.6 is 0 Å². The van der Waals surface area contributed by atoms with E-state index in [0.29, 0.717) is 81.7 Å². The SMILES string of the molecule is CC.CCCCCC.CCCCCC(=O)NCC(=O)NCC(=O)Nc1cc(COc2cc3c(cc2OC)C(=O)N2c4ccccc4C[C@H]2C=N3)cc(COc2cc3c(cc2OC)C(=O)N2c4ccccc4CC2CN3)c1.NC=O. The summed E-state index contributed by atoms with van der Waals surface area (Å²) >= 11 is 0. The Morgan fingerprint density at radius 2 is 1.20 bits per heavy atom. The van der Waals surface area contributed by atoms with Gasteiger partial charge in [-0.05, 0) is 77.6 Å². The molecular weight excluding hydrogens is 1000 g/mol. The number of methoxy groups -OCH3 is 2. The molecule has 0 radical (unpaired) electrons. The van der Waals surface area contributed by atoms with Crippen LogP contribution in [0, 0.1) is 0 Å². The van der Waals surface area contributed by atoms with Crippen LogP contribution in [0.4, 0.5) is 28.4 Å². The summed E-state index contributed by atoms with van der Waals surface area (Å²) in [6, 6.07) is 27.7. The lowest BCUT2D eigenvalue weighted by Gasteiger charge is -2.22.